The minimum atomic E-state index is 1.21. The summed E-state index contributed by atoms with van der Waals surface area (Å²) in [4.78, 5) is 0. The predicted octanol–water partition coefficient (Wildman–Crippen LogP) is 4.16. The molecule has 13 heavy (non-hydrogen) atoms. The van der Waals surface area contributed by atoms with Gasteiger partial charge in [-0.05, 0) is 41.3 Å². The maximum absolute atomic E-state index is 2.31. The molecule has 0 saturated heterocycles. The SMILES string of the molecule is CCCc1csc2cccc(C)c12. The molecule has 0 aliphatic rings. The first kappa shape index (κ1) is 8.76. The van der Waals surface area contributed by atoms with Gasteiger partial charge in [0.1, 0.15) is 0 Å². The van der Waals surface area contributed by atoms with Crippen molar-refractivity contribution in [2.24, 2.45) is 0 Å². The van der Waals surface area contributed by atoms with Gasteiger partial charge in [-0.25, -0.2) is 0 Å². The lowest BCUT2D eigenvalue weighted by Crippen LogP contribution is -1.81. The summed E-state index contributed by atoms with van der Waals surface area (Å²) in [6, 6.07) is 6.56. The van der Waals surface area contributed by atoms with Crippen molar-refractivity contribution in [2.75, 3.05) is 0 Å². The highest BCUT2D eigenvalue weighted by atomic mass is 32.1. The van der Waals surface area contributed by atoms with E-state index in [1.807, 2.05) is 11.3 Å². The highest BCUT2D eigenvalue weighted by molar-refractivity contribution is 7.17. The molecular weight excluding hydrogens is 176 g/mol. The molecule has 1 aromatic heterocycles. The van der Waals surface area contributed by atoms with Crippen molar-refractivity contribution in [3.63, 3.8) is 0 Å². The van der Waals surface area contributed by atoms with Crippen LogP contribution in [0.25, 0.3) is 10.1 Å². The van der Waals surface area contributed by atoms with Gasteiger partial charge in [0, 0.05) is 4.70 Å². The number of aryl methyl sites for hydroxylation is 2. The molecule has 0 nitrogen and oxygen atoms in total. The number of hydrogen-bond acceptors (Lipinski definition) is 1. The number of rotatable bonds is 2. The molecule has 2 rings (SSSR count). The van der Waals surface area contributed by atoms with Crippen molar-refractivity contribution in [1.29, 1.82) is 0 Å². The van der Waals surface area contributed by atoms with E-state index in [2.05, 4.69) is 37.4 Å². The quantitative estimate of drug-likeness (QED) is 0.667. The lowest BCUT2D eigenvalue weighted by molar-refractivity contribution is 0.932. The van der Waals surface area contributed by atoms with Crippen molar-refractivity contribution < 1.29 is 0 Å². The summed E-state index contributed by atoms with van der Waals surface area (Å²) in [6.07, 6.45) is 2.45. The zero-order chi connectivity index (χ0) is 9.26. The van der Waals surface area contributed by atoms with E-state index in [-0.39, 0.29) is 0 Å². The summed E-state index contributed by atoms with van der Waals surface area (Å²) < 4.78 is 1.43. The smallest absolute Gasteiger partial charge is 0.0348 e. The van der Waals surface area contributed by atoms with Gasteiger partial charge in [0.25, 0.3) is 0 Å². The zero-order valence-electron chi connectivity index (χ0n) is 8.13. The molecule has 0 atom stereocenters. The minimum Gasteiger partial charge on any atom is -0.144 e. The first-order chi connectivity index (χ1) is 6.33. The van der Waals surface area contributed by atoms with Crippen LogP contribution in [-0.2, 0) is 6.42 Å². The second-order valence-electron chi connectivity index (χ2n) is 3.46. The van der Waals surface area contributed by atoms with Crippen molar-refractivity contribution in [1.82, 2.24) is 0 Å². The highest BCUT2D eigenvalue weighted by Gasteiger charge is 2.04. The molecule has 0 spiro atoms. The van der Waals surface area contributed by atoms with Gasteiger partial charge in [-0.2, -0.15) is 0 Å². The topological polar surface area (TPSA) is 0 Å². The number of thiophene rings is 1. The van der Waals surface area contributed by atoms with Crippen LogP contribution in [0.5, 0.6) is 0 Å². The molecule has 0 fully saturated rings. The summed E-state index contributed by atoms with van der Waals surface area (Å²) in [5, 5.41) is 3.80. The van der Waals surface area contributed by atoms with Crippen molar-refractivity contribution in [2.45, 2.75) is 26.7 Å². The van der Waals surface area contributed by atoms with Gasteiger partial charge in [-0.1, -0.05) is 25.5 Å². The van der Waals surface area contributed by atoms with E-state index in [4.69, 9.17) is 0 Å². The summed E-state index contributed by atoms with van der Waals surface area (Å²) in [6.45, 7) is 4.44. The van der Waals surface area contributed by atoms with E-state index < -0.39 is 0 Å². The largest absolute Gasteiger partial charge is 0.144 e. The maximum atomic E-state index is 2.31. The van der Waals surface area contributed by atoms with Gasteiger partial charge in [0.05, 0.1) is 0 Å². The van der Waals surface area contributed by atoms with Gasteiger partial charge >= 0.3 is 0 Å². The second-order valence-corrected chi connectivity index (χ2v) is 4.37. The minimum absolute atomic E-state index is 1.21. The van der Waals surface area contributed by atoms with E-state index in [0.717, 1.165) is 0 Å². The Hall–Kier alpha value is -0.820. The van der Waals surface area contributed by atoms with E-state index in [0.29, 0.717) is 0 Å². The molecule has 1 heteroatoms. The Balaban J connectivity index is 2.64. The van der Waals surface area contributed by atoms with Crippen LogP contribution in [0, 0.1) is 6.92 Å². The average molecular weight is 190 g/mol. The Labute approximate surface area is 83.2 Å². The monoisotopic (exact) mass is 190 g/mol. The molecule has 0 N–H and O–H groups in total. The fourth-order valence-corrected chi connectivity index (χ4v) is 2.87. The third-order valence-electron chi connectivity index (χ3n) is 2.40. The van der Waals surface area contributed by atoms with Crippen LogP contribution >= 0.6 is 11.3 Å². The first-order valence-electron chi connectivity index (χ1n) is 4.78. The maximum Gasteiger partial charge on any atom is 0.0348 e. The van der Waals surface area contributed by atoms with Gasteiger partial charge in [0.2, 0.25) is 0 Å². The van der Waals surface area contributed by atoms with Crippen LogP contribution in [0.2, 0.25) is 0 Å². The molecule has 1 aromatic carbocycles. The molecule has 0 unspecified atom stereocenters. The Kier molecular flexibility index (Phi) is 2.36. The number of benzene rings is 1. The van der Waals surface area contributed by atoms with Crippen LogP contribution in [0.4, 0.5) is 0 Å². The molecule has 0 aliphatic carbocycles. The van der Waals surface area contributed by atoms with Crippen LogP contribution < -0.4 is 0 Å². The van der Waals surface area contributed by atoms with E-state index in [9.17, 15) is 0 Å². The van der Waals surface area contributed by atoms with Gasteiger partial charge in [-0.3, -0.25) is 0 Å². The molecule has 0 bridgehead atoms. The molecule has 0 aliphatic heterocycles. The van der Waals surface area contributed by atoms with E-state index >= 15 is 0 Å². The average Bonchev–Trinajstić information content (AvgIpc) is 2.51. The second kappa shape index (κ2) is 3.51. The Bertz CT molecular complexity index is 412. The van der Waals surface area contributed by atoms with Crippen LogP contribution in [-0.4, -0.2) is 0 Å². The van der Waals surface area contributed by atoms with Crippen molar-refractivity contribution in [3.05, 3.63) is 34.7 Å². The van der Waals surface area contributed by atoms with Gasteiger partial charge < -0.3 is 0 Å². The van der Waals surface area contributed by atoms with Crippen molar-refractivity contribution >= 4 is 21.4 Å². The number of hydrogen-bond donors (Lipinski definition) is 0. The summed E-state index contributed by atoms with van der Waals surface area (Å²) in [7, 11) is 0. The van der Waals surface area contributed by atoms with Crippen molar-refractivity contribution in [3.8, 4) is 0 Å². The lowest BCUT2D eigenvalue weighted by Gasteiger charge is -1.99. The third kappa shape index (κ3) is 1.49. The van der Waals surface area contributed by atoms with Crippen LogP contribution in [0.1, 0.15) is 24.5 Å². The summed E-state index contributed by atoms with van der Waals surface area (Å²) in [5.74, 6) is 0. The van der Waals surface area contributed by atoms with Crippen LogP contribution in [0.3, 0.4) is 0 Å². The Morgan fingerprint density at radius 1 is 1.31 bits per heavy atom. The zero-order valence-corrected chi connectivity index (χ0v) is 8.95. The molecular formula is C12H14S. The molecule has 1 heterocycles. The molecule has 68 valence electrons. The van der Waals surface area contributed by atoms with Crippen LogP contribution in [0.15, 0.2) is 23.6 Å². The normalized spacial score (nSPS) is 10.9. The standard InChI is InChI=1S/C12H14S/c1-3-5-10-8-13-11-7-4-6-9(2)12(10)11/h4,6-8H,3,5H2,1-2H3. The van der Waals surface area contributed by atoms with Gasteiger partial charge in [-0.15, -0.1) is 11.3 Å². The Morgan fingerprint density at radius 2 is 2.15 bits per heavy atom. The summed E-state index contributed by atoms with van der Waals surface area (Å²) >= 11 is 1.87. The third-order valence-corrected chi connectivity index (χ3v) is 3.40. The summed E-state index contributed by atoms with van der Waals surface area (Å²) in [5.41, 5.74) is 2.95. The molecule has 0 radical (unpaired) electrons. The fraction of sp³-hybridized carbons (Fsp3) is 0.333. The Morgan fingerprint density at radius 3 is 2.92 bits per heavy atom. The first-order valence-corrected chi connectivity index (χ1v) is 5.66. The fourth-order valence-electron chi connectivity index (χ4n) is 1.80. The van der Waals surface area contributed by atoms with E-state index in [1.54, 1.807) is 0 Å². The van der Waals surface area contributed by atoms with E-state index in [1.165, 1.54) is 34.1 Å². The van der Waals surface area contributed by atoms with Gasteiger partial charge in [0.15, 0.2) is 0 Å². The predicted molar refractivity (Wildman–Crippen MR) is 60.6 cm³/mol. The molecule has 0 saturated carbocycles. The number of fused-ring (bicyclic) bond motifs is 1. The molecule has 0 amide bonds. The lowest BCUT2D eigenvalue weighted by atomic mass is 10.0. The molecule has 2 aromatic rings. The highest BCUT2D eigenvalue weighted by Crippen LogP contribution is 2.29.